The summed E-state index contributed by atoms with van der Waals surface area (Å²) in [5, 5.41) is 3.21. The predicted molar refractivity (Wildman–Crippen MR) is 93.8 cm³/mol. The minimum atomic E-state index is -1.05. The van der Waals surface area contributed by atoms with Gasteiger partial charge in [-0.3, -0.25) is 9.59 Å². The summed E-state index contributed by atoms with van der Waals surface area (Å²) < 4.78 is 26.4. The maximum Gasteiger partial charge on any atom is 0.226 e. The predicted octanol–water partition coefficient (Wildman–Crippen LogP) is 4.31. The van der Waals surface area contributed by atoms with Gasteiger partial charge in [-0.2, -0.15) is 0 Å². The van der Waals surface area contributed by atoms with Crippen molar-refractivity contribution < 1.29 is 18.4 Å². The minimum Gasteiger partial charge on any atom is -0.326 e. The van der Waals surface area contributed by atoms with Crippen LogP contribution in [0.25, 0.3) is 0 Å². The van der Waals surface area contributed by atoms with Crippen molar-refractivity contribution in [3.05, 3.63) is 58.6 Å². The van der Waals surface area contributed by atoms with Crippen LogP contribution in [0.2, 0.25) is 5.02 Å². The average Bonchev–Trinajstić information content (AvgIpc) is 2.54. The monoisotopic (exact) mass is 366 g/mol. The molecule has 0 saturated carbocycles. The average molecular weight is 367 g/mol. The van der Waals surface area contributed by atoms with Crippen LogP contribution in [0.1, 0.15) is 18.9 Å². The lowest BCUT2D eigenvalue weighted by molar-refractivity contribution is -0.117. The third kappa shape index (κ3) is 5.00. The molecular formula is C18H17ClF2N2O2. The molecule has 0 radical (unpaired) electrons. The van der Waals surface area contributed by atoms with Gasteiger partial charge in [-0.05, 0) is 36.8 Å². The second kappa shape index (κ2) is 8.07. The van der Waals surface area contributed by atoms with Gasteiger partial charge >= 0.3 is 0 Å². The highest BCUT2D eigenvalue weighted by Crippen LogP contribution is 2.21. The number of carbonyl (C=O) groups is 2. The van der Waals surface area contributed by atoms with Gasteiger partial charge in [-0.1, -0.05) is 17.7 Å². The number of nitrogens with zero attached hydrogens (tertiary/aromatic N) is 1. The molecular weight excluding hydrogens is 350 g/mol. The van der Waals surface area contributed by atoms with Crippen LogP contribution in [0.4, 0.5) is 20.2 Å². The SMILES string of the molecule is CC(=O)N(CCC(=O)Nc1ccc(C)c(Cl)c1)c1ccc(F)c(F)c1. The maximum absolute atomic E-state index is 13.4. The molecule has 0 saturated heterocycles. The summed E-state index contributed by atoms with van der Waals surface area (Å²) >= 11 is 6.00. The van der Waals surface area contributed by atoms with Crippen LogP contribution in [0.5, 0.6) is 0 Å². The molecule has 0 aliphatic carbocycles. The van der Waals surface area contributed by atoms with E-state index in [1.165, 1.54) is 17.9 Å². The maximum atomic E-state index is 13.4. The van der Waals surface area contributed by atoms with E-state index < -0.39 is 11.6 Å². The van der Waals surface area contributed by atoms with Crippen LogP contribution in [-0.2, 0) is 9.59 Å². The first-order valence-electron chi connectivity index (χ1n) is 7.57. The lowest BCUT2D eigenvalue weighted by atomic mass is 10.2. The van der Waals surface area contributed by atoms with Gasteiger partial charge in [0, 0.05) is 42.4 Å². The summed E-state index contributed by atoms with van der Waals surface area (Å²) in [5.41, 5.74) is 1.63. The number of aryl methyl sites for hydroxylation is 1. The Bertz CT molecular complexity index is 812. The lowest BCUT2D eigenvalue weighted by Gasteiger charge is -2.21. The minimum absolute atomic E-state index is 0.00985. The Kier molecular flexibility index (Phi) is 6.09. The highest BCUT2D eigenvalue weighted by atomic mass is 35.5. The summed E-state index contributed by atoms with van der Waals surface area (Å²) in [4.78, 5) is 25.0. The first-order valence-corrected chi connectivity index (χ1v) is 7.95. The zero-order chi connectivity index (χ0) is 18.6. The van der Waals surface area contributed by atoms with Crippen molar-refractivity contribution in [2.24, 2.45) is 0 Å². The molecule has 0 aromatic heterocycles. The van der Waals surface area contributed by atoms with Gasteiger partial charge in [0.1, 0.15) is 0 Å². The quantitative estimate of drug-likeness (QED) is 0.857. The number of carbonyl (C=O) groups excluding carboxylic acids is 2. The molecule has 0 fully saturated rings. The van der Waals surface area contributed by atoms with Crippen molar-refractivity contribution in [1.29, 1.82) is 0 Å². The molecule has 4 nitrogen and oxygen atoms in total. The van der Waals surface area contributed by atoms with Gasteiger partial charge in [0.2, 0.25) is 11.8 Å². The standard InChI is InChI=1S/C18H17ClF2N2O2/c1-11-3-4-13(9-15(11)19)22-18(25)7-8-23(12(2)24)14-5-6-16(20)17(21)10-14/h3-6,9-10H,7-8H2,1-2H3,(H,22,25). The summed E-state index contributed by atoms with van der Waals surface area (Å²) in [6.07, 6.45) is -0.00985. The molecule has 0 aliphatic heterocycles. The first kappa shape index (κ1) is 18.9. The fourth-order valence-electron chi connectivity index (χ4n) is 2.23. The highest BCUT2D eigenvalue weighted by molar-refractivity contribution is 6.31. The van der Waals surface area contributed by atoms with Gasteiger partial charge in [-0.15, -0.1) is 0 Å². The van der Waals surface area contributed by atoms with Gasteiger partial charge in [0.15, 0.2) is 11.6 Å². The van der Waals surface area contributed by atoms with E-state index in [1.54, 1.807) is 18.2 Å². The number of anilines is 2. The van der Waals surface area contributed by atoms with Crippen molar-refractivity contribution in [3.63, 3.8) is 0 Å². The molecule has 0 unspecified atom stereocenters. The summed E-state index contributed by atoms with van der Waals surface area (Å²) in [6, 6.07) is 8.28. The smallest absolute Gasteiger partial charge is 0.226 e. The Morgan fingerprint density at radius 2 is 1.84 bits per heavy atom. The van der Waals surface area contributed by atoms with Gasteiger partial charge in [-0.25, -0.2) is 8.78 Å². The molecule has 25 heavy (non-hydrogen) atoms. The zero-order valence-corrected chi connectivity index (χ0v) is 14.5. The molecule has 2 aromatic carbocycles. The largest absolute Gasteiger partial charge is 0.326 e. The molecule has 0 atom stereocenters. The molecule has 0 bridgehead atoms. The number of benzene rings is 2. The van der Waals surface area contributed by atoms with Crippen LogP contribution >= 0.6 is 11.6 Å². The number of amides is 2. The van der Waals surface area contributed by atoms with E-state index in [1.807, 2.05) is 6.92 Å². The second-order valence-corrected chi connectivity index (χ2v) is 5.94. The molecule has 1 N–H and O–H groups in total. The molecule has 132 valence electrons. The van der Waals surface area contributed by atoms with E-state index >= 15 is 0 Å². The van der Waals surface area contributed by atoms with Crippen LogP contribution < -0.4 is 10.2 Å². The van der Waals surface area contributed by atoms with E-state index in [-0.39, 0.29) is 30.5 Å². The van der Waals surface area contributed by atoms with Gasteiger partial charge in [0.05, 0.1) is 0 Å². The van der Waals surface area contributed by atoms with Crippen molar-refractivity contribution in [3.8, 4) is 0 Å². The van der Waals surface area contributed by atoms with Crippen LogP contribution in [0.15, 0.2) is 36.4 Å². The second-order valence-electron chi connectivity index (χ2n) is 5.53. The Hall–Kier alpha value is -2.47. The summed E-state index contributed by atoms with van der Waals surface area (Å²) in [7, 11) is 0. The molecule has 2 amide bonds. The molecule has 0 aliphatic rings. The van der Waals surface area contributed by atoms with E-state index in [4.69, 9.17) is 11.6 Å². The molecule has 2 aromatic rings. The Morgan fingerprint density at radius 3 is 2.44 bits per heavy atom. The Morgan fingerprint density at radius 1 is 1.12 bits per heavy atom. The number of halogens is 3. The normalized spacial score (nSPS) is 10.4. The van der Waals surface area contributed by atoms with Crippen molar-refractivity contribution in [1.82, 2.24) is 0 Å². The summed E-state index contributed by atoms with van der Waals surface area (Å²) in [5.74, 6) is -2.75. The first-order chi connectivity index (χ1) is 11.8. The third-order valence-corrected chi connectivity index (χ3v) is 4.02. The fraction of sp³-hybridized carbons (Fsp3) is 0.222. The van der Waals surface area contributed by atoms with Crippen molar-refractivity contribution in [2.45, 2.75) is 20.3 Å². The highest BCUT2D eigenvalue weighted by Gasteiger charge is 2.15. The van der Waals surface area contributed by atoms with Crippen LogP contribution in [-0.4, -0.2) is 18.4 Å². The Balaban J connectivity index is 2.02. The fourth-order valence-corrected chi connectivity index (χ4v) is 2.41. The van der Waals surface area contributed by atoms with E-state index in [0.717, 1.165) is 17.7 Å². The third-order valence-electron chi connectivity index (χ3n) is 3.61. The lowest BCUT2D eigenvalue weighted by Crippen LogP contribution is -2.32. The van der Waals surface area contributed by atoms with Crippen LogP contribution in [0, 0.1) is 18.6 Å². The van der Waals surface area contributed by atoms with E-state index in [0.29, 0.717) is 10.7 Å². The molecule has 7 heteroatoms. The topological polar surface area (TPSA) is 49.4 Å². The van der Waals surface area contributed by atoms with Crippen LogP contribution in [0.3, 0.4) is 0 Å². The summed E-state index contributed by atoms with van der Waals surface area (Å²) in [6.45, 7) is 3.17. The number of nitrogens with one attached hydrogen (secondary N) is 1. The zero-order valence-electron chi connectivity index (χ0n) is 13.8. The number of hydrogen-bond acceptors (Lipinski definition) is 2. The molecule has 0 spiro atoms. The van der Waals surface area contributed by atoms with Crippen molar-refractivity contribution >= 4 is 34.8 Å². The van der Waals surface area contributed by atoms with Gasteiger partial charge < -0.3 is 10.2 Å². The van der Waals surface area contributed by atoms with Crippen molar-refractivity contribution in [2.75, 3.05) is 16.8 Å². The van der Waals surface area contributed by atoms with Gasteiger partial charge in [0.25, 0.3) is 0 Å². The van der Waals surface area contributed by atoms with E-state index in [9.17, 15) is 18.4 Å². The molecule has 2 rings (SSSR count). The molecule has 0 heterocycles. The Labute approximate surface area is 149 Å². The van der Waals surface area contributed by atoms with E-state index in [2.05, 4.69) is 5.32 Å². The number of rotatable bonds is 5. The number of hydrogen-bond donors (Lipinski definition) is 1.